The van der Waals surface area contributed by atoms with Crippen LogP contribution in [0.25, 0.3) is 0 Å². The molecule has 96 valence electrons. The molecule has 0 N–H and O–H groups in total. The quantitative estimate of drug-likeness (QED) is 0.813. The second-order valence-corrected chi connectivity index (χ2v) is 5.80. The number of nitrogens with zero attached hydrogens (tertiary/aromatic N) is 3. The van der Waals surface area contributed by atoms with Crippen LogP contribution in [-0.2, 0) is 18.3 Å². The monoisotopic (exact) mass is 257 g/mol. The number of aromatic nitrogens is 2. The first-order chi connectivity index (χ1) is 7.87. The van der Waals surface area contributed by atoms with E-state index in [4.69, 9.17) is 16.3 Å². The summed E-state index contributed by atoms with van der Waals surface area (Å²) in [5.74, 6) is 1.000. The maximum Gasteiger partial charge on any atom is 0.128 e. The largest absolute Gasteiger partial charge is 0.370 e. The highest BCUT2D eigenvalue weighted by atomic mass is 35.5. The number of ether oxygens (including phenoxy) is 1. The van der Waals surface area contributed by atoms with Gasteiger partial charge in [0.1, 0.15) is 11.0 Å². The minimum atomic E-state index is -0.0906. The van der Waals surface area contributed by atoms with Crippen LogP contribution in [0, 0.1) is 0 Å². The van der Waals surface area contributed by atoms with Gasteiger partial charge in [-0.1, -0.05) is 11.6 Å². The Labute approximate surface area is 108 Å². The van der Waals surface area contributed by atoms with Gasteiger partial charge in [-0.05, 0) is 20.8 Å². The molecule has 0 aliphatic carbocycles. The summed E-state index contributed by atoms with van der Waals surface area (Å²) in [5.41, 5.74) is -0.0906. The summed E-state index contributed by atoms with van der Waals surface area (Å²) in [4.78, 5) is 6.70. The van der Waals surface area contributed by atoms with Crippen molar-refractivity contribution in [3.05, 3.63) is 17.2 Å². The molecule has 17 heavy (non-hydrogen) atoms. The van der Waals surface area contributed by atoms with E-state index in [1.807, 2.05) is 11.6 Å². The third-order valence-corrected chi connectivity index (χ3v) is 3.38. The molecule has 1 aromatic heterocycles. The molecule has 1 fully saturated rings. The Morgan fingerprint density at radius 1 is 1.59 bits per heavy atom. The number of hydrogen-bond acceptors (Lipinski definition) is 3. The van der Waals surface area contributed by atoms with Gasteiger partial charge in [-0.25, -0.2) is 4.98 Å². The Hall–Kier alpha value is -0.580. The maximum atomic E-state index is 5.99. The molecule has 4 nitrogen and oxygen atoms in total. The van der Waals surface area contributed by atoms with Crippen molar-refractivity contribution < 1.29 is 4.74 Å². The SMILES string of the molecule is CC1CN(Cc2ncc(Cl)n2C)CC(C)(C)O1. The van der Waals surface area contributed by atoms with Crippen LogP contribution >= 0.6 is 11.6 Å². The second kappa shape index (κ2) is 4.59. The van der Waals surface area contributed by atoms with Crippen molar-refractivity contribution in [2.75, 3.05) is 13.1 Å². The fraction of sp³-hybridized carbons (Fsp3) is 0.750. The molecule has 1 aliphatic rings. The normalized spacial score (nSPS) is 25.1. The van der Waals surface area contributed by atoms with E-state index in [2.05, 4.69) is 30.7 Å². The van der Waals surface area contributed by atoms with Crippen LogP contribution in [0.1, 0.15) is 26.6 Å². The number of hydrogen-bond donors (Lipinski definition) is 0. The molecule has 5 heteroatoms. The highest BCUT2D eigenvalue weighted by Crippen LogP contribution is 2.22. The molecular formula is C12H20ClN3O. The van der Waals surface area contributed by atoms with Crippen LogP contribution in [-0.4, -0.2) is 39.2 Å². The molecule has 1 atom stereocenters. The van der Waals surface area contributed by atoms with Gasteiger partial charge >= 0.3 is 0 Å². The predicted molar refractivity (Wildman–Crippen MR) is 68.1 cm³/mol. The van der Waals surface area contributed by atoms with Gasteiger partial charge in [-0.2, -0.15) is 0 Å². The minimum absolute atomic E-state index is 0.0906. The third-order valence-electron chi connectivity index (χ3n) is 3.03. The lowest BCUT2D eigenvalue weighted by Crippen LogP contribution is -2.51. The maximum absolute atomic E-state index is 5.99. The first-order valence-electron chi connectivity index (χ1n) is 5.94. The zero-order valence-electron chi connectivity index (χ0n) is 10.9. The first-order valence-corrected chi connectivity index (χ1v) is 6.31. The van der Waals surface area contributed by atoms with Gasteiger partial charge in [0.05, 0.1) is 24.4 Å². The van der Waals surface area contributed by atoms with E-state index in [1.165, 1.54) is 0 Å². The lowest BCUT2D eigenvalue weighted by Gasteiger charge is -2.41. The second-order valence-electron chi connectivity index (χ2n) is 5.41. The first kappa shape index (κ1) is 12.9. The standard InChI is InChI=1S/C12H20ClN3O/c1-9-6-16(8-12(2,3)17-9)7-11-14-5-10(13)15(11)4/h5,9H,6-8H2,1-4H3. The van der Waals surface area contributed by atoms with Gasteiger partial charge in [0, 0.05) is 20.1 Å². The molecule has 2 heterocycles. The lowest BCUT2D eigenvalue weighted by molar-refractivity contribution is -0.131. The van der Waals surface area contributed by atoms with Crippen molar-refractivity contribution in [2.45, 2.75) is 39.0 Å². The summed E-state index contributed by atoms with van der Waals surface area (Å²) in [5, 5.41) is 0.681. The van der Waals surface area contributed by atoms with Crippen molar-refractivity contribution in [1.29, 1.82) is 0 Å². The zero-order chi connectivity index (χ0) is 12.6. The van der Waals surface area contributed by atoms with Gasteiger partial charge in [0.15, 0.2) is 0 Å². The number of imidazole rings is 1. The summed E-state index contributed by atoms with van der Waals surface area (Å²) in [6.07, 6.45) is 1.96. The molecule has 0 aromatic carbocycles. The lowest BCUT2D eigenvalue weighted by atomic mass is 10.1. The van der Waals surface area contributed by atoms with Gasteiger partial charge in [0.2, 0.25) is 0 Å². The third kappa shape index (κ3) is 3.00. The Balaban J connectivity index is 2.06. The van der Waals surface area contributed by atoms with E-state index in [9.17, 15) is 0 Å². The molecular weight excluding hydrogens is 238 g/mol. The van der Waals surface area contributed by atoms with Gasteiger partial charge in [-0.3, -0.25) is 4.90 Å². The average molecular weight is 258 g/mol. The highest BCUT2D eigenvalue weighted by molar-refractivity contribution is 6.29. The molecule has 0 radical (unpaired) electrons. The molecule has 2 rings (SSSR count). The summed E-state index contributed by atoms with van der Waals surface area (Å²) >= 11 is 5.99. The fourth-order valence-corrected chi connectivity index (χ4v) is 2.62. The topological polar surface area (TPSA) is 30.3 Å². The van der Waals surface area contributed by atoms with Crippen molar-refractivity contribution in [3.8, 4) is 0 Å². The van der Waals surface area contributed by atoms with E-state index < -0.39 is 0 Å². The van der Waals surface area contributed by atoms with Crippen LogP contribution in [0.4, 0.5) is 0 Å². The predicted octanol–water partition coefficient (Wildman–Crippen LogP) is 2.07. The van der Waals surface area contributed by atoms with E-state index >= 15 is 0 Å². The smallest absolute Gasteiger partial charge is 0.128 e. The van der Waals surface area contributed by atoms with Crippen molar-refractivity contribution in [1.82, 2.24) is 14.5 Å². The van der Waals surface area contributed by atoms with E-state index in [0.717, 1.165) is 25.5 Å². The summed E-state index contributed by atoms with van der Waals surface area (Å²) in [6, 6.07) is 0. The van der Waals surface area contributed by atoms with Crippen LogP contribution in [0.3, 0.4) is 0 Å². The van der Waals surface area contributed by atoms with Crippen LogP contribution in [0.5, 0.6) is 0 Å². The Kier molecular flexibility index (Phi) is 3.48. The number of halogens is 1. The summed E-state index contributed by atoms with van der Waals surface area (Å²) in [7, 11) is 1.94. The Bertz CT molecular complexity index is 402. The minimum Gasteiger partial charge on any atom is -0.370 e. The highest BCUT2D eigenvalue weighted by Gasteiger charge is 2.31. The molecule has 1 saturated heterocycles. The van der Waals surface area contributed by atoms with Crippen molar-refractivity contribution >= 4 is 11.6 Å². The van der Waals surface area contributed by atoms with Crippen LogP contribution in [0.15, 0.2) is 6.20 Å². The fourth-order valence-electron chi connectivity index (χ4n) is 2.48. The molecule has 0 bridgehead atoms. The van der Waals surface area contributed by atoms with E-state index in [0.29, 0.717) is 5.15 Å². The molecule has 0 spiro atoms. The van der Waals surface area contributed by atoms with Gasteiger partial charge in [-0.15, -0.1) is 0 Å². The van der Waals surface area contributed by atoms with Crippen LogP contribution in [0.2, 0.25) is 5.15 Å². The zero-order valence-corrected chi connectivity index (χ0v) is 11.7. The average Bonchev–Trinajstić information content (AvgIpc) is 2.46. The van der Waals surface area contributed by atoms with Crippen LogP contribution < -0.4 is 0 Å². The molecule has 1 aliphatic heterocycles. The molecule has 1 aromatic rings. The Morgan fingerprint density at radius 2 is 2.29 bits per heavy atom. The van der Waals surface area contributed by atoms with Gasteiger partial charge < -0.3 is 9.30 Å². The summed E-state index contributed by atoms with van der Waals surface area (Å²) in [6.45, 7) is 9.04. The van der Waals surface area contributed by atoms with E-state index in [-0.39, 0.29) is 11.7 Å². The molecule has 0 saturated carbocycles. The Morgan fingerprint density at radius 3 is 2.82 bits per heavy atom. The van der Waals surface area contributed by atoms with Gasteiger partial charge in [0.25, 0.3) is 0 Å². The molecule has 0 amide bonds. The number of morpholine rings is 1. The summed E-state index contributed by atoms with van der Waals surface area (Å²) < 4.78 is 7.81. The molecule has 1 unspecified atom stereocenters. The van der Waals surface area contributed by atoms with Crippen molar-refractivity contribution in [3.63, 3.8) is 0 Å². The van der Waals surface area contributed by atoms with E-state index in [1.54, 1.807) is 6.20 Å². The van der Waals surface area contributed by atoms with Crippen molar-refractivity contribution in [2.24, 2.45) is 7.05 Å². The number of rotatable bonds is 2.